The number of imide groups is 1. The first-order valence-corrected chi connectivity index (χ1v) is 12.1. The summed E-state index contributed by atoms with van der Waals surface area (Å²) in [6, 6.07) is 4.55. The lowest BCUT2D eigenvalue weighted by atomic mass is 9.79. The van der Waals surface area contributed by atoms with Gasteiger partial charge in [0.05, 0.1) is 11.3 Å². The van der Waals surface area contributed by atoms with Crippen molar-refractivity contribution in [3.63, 3.8) is 0 Å². The first kappa shape index (κ1) is 26.4. The maximum Gasteiger partial charge on any atom is 0.573 e. The van der Waals surface area contributed by atoms with Crippen molar-refractivity contribution in [2.45, 2.75) is 63.2 Å². The molecule has 5 rings (SSSR count). The van der Waals surface area contributed by atoms with Crippen molar-refractivity contribution in [1.82, 2.24) is 20.5 Å². The van der Waals surface area contributed by atoms with Crippen LogP contribution in [0.2, 0.25) is 0 Å². The third-order valence-corrected chi connectivity index (χ3v) is 6.91. The number of fused-ring (bicyclic) bond motifs is 1. The molecule has 2 aromatic rings. The zero-order chi connectivity index (χ0) is 27.9. The largest absolute Gasteiger partial charge is 0.573 e. The van der Waals surface area contributed by atoms with Gasteiger partial charge in [0, 0.05) is 37.2 Å². The van der Waals surface area contributed by atoms with Gasteiger partial charge in [0.2, 0.25) is 11.8 Å². The van der Waals surface area contributed by atoms with E-state index < -0.39 is 59.8 Å². The first-order valence-electron chi connectivity index (χ1n) is 12.1. The van der Waals surface area contributed by atoms with E-state index >= 15 is 4.39 Å². The van der Waals surface area contributed by atoms with Gasteiger partial charge in [-0.05, 0) is 37.0 Å². The number of nitrogens with one attached hydrogen (secondary N) is 2. The zero-order valence-electron chi connectivity index (χ0n) is 20.2. The summed E-state index contributed by atoms with van der Waals surface area (Å²) in [5.41, 5.74) is 0.336. The van der Waals surface area contributed by atoms with Gasteiger partial charge in [-0.1, -0.05) is 12.1 Å². The van der Waals surface area contributed by atoms with Crippen LogP contribution in [0.5, 0.6) is 5.75 Å². The third kappa shape index (κ3) is 5.49. The number of rotatable bonds is 6. The van der Waals surface area contributed by atoms with Crippen LogP contribution in [0.4, 0.5) is 22.4 Å². The van der Waals surface area contributed by atoms with Crippen LogP contribution >= 0.6 is 0 Å². The van der Waals surface area contributed by atoms with E-state index in [2.05, 4.69) is 20.4 Å². The van der Waals surface area contributed by atoms with E-state index in [1.807, 2.05) is 0 Å². The summed E-state index contributed by atoms with van der Waals surface area (Å²) in [4.78, 5) is 53.9. The Morgan fingerprint density at radius 2 is 1.95 bits per heavy atom. The number of amides is 4. The molecule has 14 heteroatoms. The van der Waals surface area contributed by atoms with Crippen LogP contribution in [0.1, 0.15) is 58.8 Å². The lowest BCUT2D eigenvalue weighted by Crippen LogP contribution is -2.52. The highest BCUT2D eigenvalue weighted by Crippen LogP contribution is 2.42. The molecule has 3 aliphatic rings. The molecular formula is C25H22F4N4O6. The van der Waals surface area contributed by atoms with Crippen molar-refractivity contribution in [2.24, 2.45) is 0 Å². The number of carbonyl (C=O) groups excluding carboxylic acids is 4. The number of alkyl carbamates (subject to hydrolysis) is 1. The van der Waals surface area contributed by atoms with Gasteiger partial charge in [-0.2, -0.15) is 0 Å². The van der Waals surface area contributed by atoms with Crippen LogP contribution in [0.3, 0.4) is 0 Å². The molecule has 1 aromatic heterocycles. The number of halogens is 4. The Morgan fingerprint density at radius 3 is 2.67 bits per heavy atom. The minimum absolute atomic E-state index is 0.0158. The number of ether oxygens (including phenoxy) is 2. The Bertz CT molecular complexity index is 1340. The summed E-state index contributed by atoms with van der Waals surface area (Å²) in [5.74, 6) is -3.34. The monoisotopic (exact) mass is 550 g/mol. The molecule has 0 spiro atoms. The van der Waals surface area contributed by atoms with Gasteiger partial charge in [-0.3, -0.25) is 24.7 Å². The van der Waals surface area contributed by atoms with Crippen molar-refractivity contribution < 1.29 is 46.2 Å². The summed E-state index contributed by atoms with van der Waals surface area (Å²) >= 11 is 0. The molecule has 206 valence electrons. The molecule has 39 heavy (non-hydrogen) atoms. The fraction of sp³-hybridized carbons (Fsp3) is 0.400. The van der Waals surface area contributed by atoms with Gasteiger partial charge < -0.3 is 19.7 Å². The Morgan fingerprint density at radius 1 is 1.18 bits per heavy atom. The van der Waals surface area contributed by atoms with E-state index in [0.717, 1.165) is 6.07 Å². The highest BCUT2D eigenvalue weighted by Gasteiger charge is 2.41. The lowest BCUT2D eigenvalue weighted by molar-refractivity contribution is -0.275. The van der Waals surface area contributed by atoms with E-state index in [9.17, 15) is 32.3 Å². The molecule has 1 aromatic carbocycles. The maximum absolute atomic E-state index is 15.2. The number of carbonyl (C=O) groups is 4. The standard InChI is InChI=1S/C25H22F4N4O6/c26-20-12(3-4-13-11-33(23(36)19(13)20)16-5-6-18(34)32-22(16)35)10-31-24(37)38-15-8-14(9-15)21-17(2-1-7-30-21)39-25(27,28)29/h1-4,7,14-16H,5-6,8-11H2,(H,31,37)(H,32,34,35)/t14?,15?,16-/m1/s1. The second kappa shape index (κ2) is 10.2. The van der Waals surface area contributed by atoms with Gasteiger partial charge in [0.1, 0.15) is 18.0 Å². The topological polar surface area (TPSA) is 127 Å². The van der Waals surface area contributed by atoms with Gasteiger partial charge in [0.25, 0.3) is 5.91 Å². The number of aromatic nitrogens is 1. The van der Waals surface area contributed by atoms with Crippen molar-refractivity contribution in [1.29, 1.82) is 0 Å². The Labute approximate surface area is 218 Å². The molecule has 3 heterocycles. The van der Waals surface area contributed by atoms with Gasteiger partial charge in [-0.15, -0.1) is 13.2 Å². The van der Waals surface area contributed by atoms with E-state index in [-0.39, 0.29) is 55.6 Å². The summed E-state index contributed by atoms with van der Waals surface area (Å²) in [6.07, 6.45) is -4.27. The molecule has 2 fully saturated rings. The van der Waals surface area contributed by atoms with E-state index in [4.69, 9.17) is 4.74 Å². The van der Waals surface area contributed by atoms with Crippen LogP contribution in [-0.4, -0.2) is 52.2 Å². The predicted octanol–water partition coefficient (Wildman–Crippen LogP) is 3.05. The normalized spacial score (nSPS) is 22.6. The Hall–Kier alpha value is -4.23. The second-order valence-electron chi connectivity index (χ2n) is 9.46. The predicted molar refractivity (Wildman–Crippen MR) is 122 cm³/mol. The zero-order valence-corrected chi connectivity index (χ0v) is 20.2. The maximum atomic E-state index is 15.2. The minimum atomic E-state index is -4.86. The highest BCUT2D eigenvalue weighted by molar-refractivity contribution is 6.05. The lowest BCUT2D eigenvalue weighted by Gasteiger charge is -2.34. The summed E-state index contributed by atoms with van der Waals surface area (Å²) < 4.78 is 62.4. The van der Waals surface area contributed by atoms with E-state index in [1.165, 1.54) is 29.3 Å². The summed E-state index contributed by atoms with van der Waals surface area (Å²) in [5, 5.41) is 4.59. The second-order valence-corrected chi connectivity index (χ2v) is 9.46. The average molecular weight is 550 g/mol. The van der Waals surface area contributed by atoms with Crippen LogP contribution in [0, 0.1) is 5.82 Å². The van der Waals surface area contributed by atoms with E-state index in [0.29, 0.717) is 5.56 Å². The van der Waals surface area contributed by atoms with Crippen molar-refractivity contribution in [3.8, 4) is 5.75 Å². The highest BCUT2D eigenvalue weighted by atomic mass is 19.4. The molecule has 4 amide bonds. The number of pyridine rings is 1. The molecule has 0 bridgehead atoms. The number of piperidine rings is 1. The fourth-order valence-electron chi connectivity index (χ4n) is 4.95. The van der Waals surface area contributed by atoms with Crippen molar-refractivity contribution in [3.05, 3.63) is 58.7 Å². The Balaban J connectivity index is 1.15. The molecule has 1 saturated heterocycles. The van der Waals surface area contributed by atoms with Gasteiger partial charge >= 0.3 is 12.5 Å². The van der Waals surface area contributed by atoms with Crippen LogP contribution < -0.4 is 15.4 Å². The number of benzene rings is 1. The van der Waals surface area contributed by atoms with Crippen LogP contribution in [0.15, 0.2) is 30.5 Å². The van der Waals surface area contributed by atoms with Gasteiger partial charge in [0.15, 0.2) is 5.75 Å². The SMILES string of the molecule is O=C1CC[C@@H](N2Cc3ccc(CNC(=O)OC4CC(c5ncccc5OC(F)(F)F)C4)c(F)c3C2=O)C(=O)N1. The molecule has 0 unspecified atom stereocenters. The molecular weight excluding hydrogens is 528 g/mol. The molecule has 1 aliphatic carbocycles. The molecule has 2 N–H and O–H groups in total. The molecule has 10 nitrogen and oxygen atoms in total. The minimum Gasteiger partial charge on any atom is -0.446 e. The van der Waals surface area contributed by atoms with Crippen LogP contribution in [0.25, 0.3) is 0 Å². The van der Waals surface area contributed by atoms with Crippen molar-refractivity contribution in [2.75, 3.05) is 0 Å². The molecule has 1 saturated carbocycles. The smallest absolute Gasteiger partial charge is 0.446 e. The van der Waals surface area contributed by atoms with Gasteiger partial charge in [-0.25, -0.2) is 9.18 Å². The molecule has 1 atom stereocenters. The van der Waals surface area contributed by atoms with Crippen molar-refractivity contribution >= 4 is 23.8 Å². The summed E-state index contributed by atoms with van der Waals surface area (Å²) in [7, 11) is 0. The summed E-state index contributed by atoms with van der Waals surface area (Å²) in [6.45, 7) is -0.272. The average Bonchev–Trinajstić information content (AvgIpc) is 3.17. The number of nitrogens with zero attached hydrogens (tertiary/aromatic N) is 2. The first-order chi connectivity index (χ1) is 18.5. The molecule has 0 radical (unpaired) electrons. The molecule has 2 aliphatic heterocycles. The van der Waals surface area contributed by atoms with Crippen LogP contribution in [-0.2, 0) is 27.4 Å². The van der Waals surface area contributed by atoms with E-state index in [1.54, 1.807) is 0 Å². The number of alkyl halides is 3. The fourth-order valence-corrected chi connectivity index (χ4v) is 4.95. The third-order valence-electron chi connectivity index (χ3n) is 6.91. The Kier molecular flexibility index (Phi) is 6.87. The number of hydrogen-bond donors (Lipinski definition) is 2. The number of hydrogen-bond acceptors (Lipinski definition) is 7. The quantitative estimate of drug-likeness (QED) is 0.418.